The van der Waals surface area contributed by atoms with Crippen molar-refractivity contribution >= 4 is 39.6 Å². The number of aryl methyl sites for hydroxylation is 3. The number of carbonyl (C=O) groups is 1. The van der Waals surface area contributed by atoms with Gasteiger partial charge < -0.3 is 24.0 Å². The second-order valence-corrected chi connectivity index (χ2v) is 7.91. The van der Waals surface area contributed by atoms with Crippen molar-refractivity contribution in [1.29, 1.82) is 0 Å². The van der Waals surface area contributed by atoms with E-state index in [9.17, 15) is 19.1 Å². The van der Waals surface area contributed by atoms with Crippen LogP contribution >= 0.6 is 0 Å². The van der Waals surface area contributed by atoms with Crippen LogP contribution in [0.2, 0.25) is 0 Å². The molecule has 34 heavy (non-hydrogen) atoms. The van der Waals surface area contributed by atoms with Gasteiger partial charge in [0.25, 0.3) is 0 Å². The molecule has 0 spiro atoms. The zero-order valence-corrected chi connectivity index (χ0v) is 18.2. The lowest BCUT2D eigenvalue weighted by molar-refractivity contribution is 0.0691. The molecule has 0 saturated carbocycles. The largest absolute Gasteiger partial charge is 0.477 e. The van der Waals surface area contributed by atoms with Crippen molar-refractivity contribution in [3.63, 3.8) is 0 Å². The van der Waals surface area contributed by atoms with Gasteiger partial charge in [-0.3, -0.25) is 0 Å². The fourth-order valence-corrected chi connectivity index (χ4v) is 4.06. The quantitative estimate of drug-likeness (QED) is 0.347. The number of nitrogens with one attached hydrogen (secondary N) is 1. The zero-order valence-electron chi connectivity index (χ0n) is 18.2. The van der Waals surface area contributed by atoms with E-state index < -0.39 is 17.2 Å². The Hall–Kier alpha value is -4.47. The molecule has 0 fully saturated rings. The molecule has 0 unspecified atom stereocenters. The topological polar surface area (TPSA) is 115 Å². The van der Waals surface area contributed by atoms with Gasteiger partial charge >= 0.3 is 11.6 Å². The summed E-state index contributed by atoms with van der Waals surface area (Å²) in [7, 11) is 0. The van der Waals surface area contributed by atoms with Crippen LogP contribution in [0.5, 0.6) is 0 Å². The number of rotatable bonds is 7. The van der Waals surface area contributed by atoms with Crippen molar-refractivity contribution in [2.24, 2.45) is 0 Å². The summed E-state index contributed by atoms with van der Waals surface area (Å²) < 4.78 is 23.0. The summed E-state index contributed by atoms with van der Waals surface area (Å²) in [6.45, 7) is 2.86. The fraction of sp³-hybridized carbons (Fsp3) is 0.167. The Labute approximate surface area is 192 Å². The van der Waals surface area contributed by atoms with Crippen LogP contribution in [0, 0.1) is 12.7 Å². The average molecular weight is 461 g/mol. The summed E-state index contributed by atoms with van der Waals surface area (Å²) in [5.41, 5.74) is 1.10. The summed E-state index contributed by atoms with van der Waals surface area (Å²) in [6, 6.07) is 9.45. The SMILES string of the molecule is Cc1c(C(=O)O)c(=O)oc2cc3c(cc12)nc(Nc1cccc(F)c1)n3CCCn1ccnc1. The molecule has 10 heteroatoms. The normalized spacial score (nSPS) is 11.4. The second-order valence-electron chi connectivity index (χ2n) is 7.91. The number of nitrogens with zero attached hydrogens (tertiary/aromatic N) is 4. The highest BCUT2D eigenvalue weighted by molar-refractivity contribution is 5.99. The minimum Gasteiger partial charge on any atom is -0.477 e. The Kier molecular flexibility index (Phi) is 5.33. The van der Waals surface area contributed by atoms with Gasteiger partial charge in [0.05, 0.1) is 17.4 Å². The van der Waals surface area contributed by atoms with E-state index in [2.05, 4.69) is 15.3 Å². The third-order valence-electron chi connectivity index (χ3n) is 5.69. The van der Waals surface area contributed by atoms with Gasteiger partial charge in [-0.25, -0.2) is 23.9 Å². The minimum atomic E-state index is -1.34. The maximum Gasteiger partial charge on any atom is 0.351 e. The summed E-state index contributed by atoms with van der Waals surface area (Å²) >= 11 is 0. The third kappa shape index (κ3) is 3.90. The number of imidazole rings is 2. The lowest BCUT2D eigenvalue weighted by Gasteiger charge is -2.12. The monoisotopic (exact) mass is 461 g/mol. The predicted octanol–water partition coefficient (Wildman–Crippen LogP) is 4.32. The number of halogens is 1. The smallest absolute Gasteiger partial charge is 0.351 e. The number of anilines is 2. The molecule has 0 amide bonds. The molecule has 2 N–H and O–H groups in total. The first-order valence-corrected chi connectivity index (χ1v) is 10.6. The van der Waals surface area contributed by atoms with Crippen LogP contribution in [0.4, 0.5) is 16.0 Å². The van der Waals surface area contributed by atoms with Gasteiger partial charge in [0.1, 0.15) is 17.0 Å². The van der Waals surface area contributed by atoms with Crippen LogP contribution < -0.4 is 10.9 Å². The first kappa shape index (κ1) is 21.4. The van der Waals surface area contributed by atoms with Gasteiger partial charge in [-0.15, -0.1) is 0 Å². The highest BCUT2D eigenvalue weighted by Gasteiger charge is 2.20. The van der Waals surface area contributed by atoms with Gasteiger partial charge in [-0.1, -0.05) is 6.07 Å². The summed E-state index contributed by atoms with van der Waals surface area (Å²) in [6.07, 6.45) is 6.08. The molecule has 0 saturated heterocycles. The van der Waals surface area contributed by atoms with E-state index in [0.717, 1.165) is 13.0 Å². The maximum absolute atomic E-state index is 13.7. The Morgan fingerprint density at radius 3 is 2.82 bits per heavy atom. The molecule has 0 aliphatic rings. The van der Waals surface area contributed by atoms with Crippen LogP contribution in [0.15, 0.2) is 64.3 Å². The molecular formula is C24H20FN5O4. The van der Waals surface area contributed by atoms with E-state index in [1.165, 1.54) is 12.1 Å². The molecule has 172 valence electrons. The number of carboxylic acids is 1. The van der Waals surface area contributed by atoms with Crippen LogP contribution in [0.1, 0.15) is 22.3 Å². The van der Waals surface area contributed by atoms with E-state index in [1.807, 2.05) is 15.3 Å². The number of benzene rings is 2. The standard InChI is InChI=1S/C24H20FN5O4/c1-14-17-11-18-19(12-20(17)34-23(33)21(14)22(31)32)30(8-3-7-29-9-6-26-13-29)24(28-18)27-16-5-2-4-15(25)10-16/h2,4-6,9-13H,3,7-8H2,1H3,(H,27,28)(H,31,32). The summed E-state index contributed by atoms with van der Waals surface area (Å²) in [5.74, 6) is -1.23. The van der Waals surface area contributed by atoms with Crippen LogP contribution in [-0.2, 0) is 13.1 Å². The molecule has 9 nitrogen and oxygen atoms in total. The van der Waals surface area contributed by atoms with E-state index >= 15 is 0 Å². The Bertz CT molecular complexity index is 1590. The molecule has 2 aromatic carbocycles. The molecule has 3 aromatic heterocycles. The van der Waals surface area contributed by atoms with Gasteiger partial charge in [0.15, 0.2) is 0 Å². The first-order valence-electron chi connectivity index (χ1n) is 10.6. The average Bonchev–Trinajstić information content (AvgIpc) is 3.41. The van der Waals surface area contributed by atoms with Gasteiger partial charge in [0, 0.05) is 42.6 Å². The van der Waals surface area contributed by atoms with Gasteiger partial charge in [0.2, 0.25) is 5.95 Å². The number of aromatic nitrogens is 4. The van der Waals surface area contributed by atoms with E-state index in [0.29, 0.717) is 40.2 Å². The highest BCUT2D eigenvalue weighted by Crippen LogP contribution is 2.29. The van der Waals surface area contributed by atoms with Crippen LogP contribution in [0.3, 0.4) is 0 Å². The van der Waals surface area contributed by atoms with E-state index in [-0.39, 0.29) is 11.4 Å². The number of fused-ring (bicyclic) bond motifs is 2. The molecule has 0 aliphatic heterocycles. The highest BCUT2D eigenvalue weighted by atomic mass is 19.1. The second kappa shape index (κ2) is 8.47. The molecule has 0 radical (unpaired) electrons. The number of hydrogen-bond acceptors (Lipinski definition) is 6. The molecule has 0 atom stereocenters. The number of carboxylic acid groups (broad SMARTS) is 1. The van der Waals surface area contributed by atoms with Crippen LogP contribution in [-0.4, -0.2) is 30.2 Å². The molecule has 0 bridgehead atoms. The van der Waals surface area contributed by atoms with Gasteiger partial charge in [-0.05, 0) is 43.2 Å². The van der Waals surface area contributed by atoms with E-state index in [1.54, 1.807) is 43.7 Å². The first-order chi connectivity index (χ1) is 16.4. The summed E-state index contributed by atoms with van der Waals surface area (Å²) in [4.78, 5) is 32.5. The van der Waals surface area contributed by atoms with Crippen molar-refractivity contribution in [2.45, 2.75) is 26.4 Å². The van der Waals surface area contributed by atoms with Crippen molar-refractivity contribution in [2.75, 3.05) is 5.32 Å². The maximum atomic E-state index is 13.7. The molecular weight excluding hydrogens is 441 g/mol. The molecule has 5 rings (SSSR count). The predicted molar refractivity (Wildman–Crippen MR) is 124 cm³/mol. The van der Waals surface area contributed by atoms with E-state index in [4.69, 9.17) is 4.42 Å². The Morgan fingerprint density at radius 1 is 1.24 bits per heavy atom. The van der Waals surface area contributed by atoms with Crippen LogP contribution in [0.25, 0.3) is 22.0 Å². The fourth-order valence-electron chi connectivity index (χ4n) is 4.06. The van der Waals surface area contributed by atoms with Gasteiger partial charge in [-0.2, -0.15) is 0 Å². The van der Waals surface area contributed by atoms with Crippen molar-refractivity contribution in [3.8, 4) is 0 Å². The van der Waals surface area contributed by atoms with Crippen molar-refractivity contribution in [1.82, 2.24) is 19.1 Å². The number of aromatic carboxylic acids is 1. The minimum absolute atomic E-state index is 0.271. The van der Waals surface area contributed by atoms with Crippen molar-refractivity contribution in [3.05, 3.63) is 82.5 Å². The molecule has 3 heterocycles. The zero-order chi connectivity index (χ0) is 23.8. The molecule has 5 aromatic rings. The Morgan fingerprint density at radius 2 is 2.09 bits per heavy atom. The van der Waals surface area contributed by atoms with Crippen molar-refractivity contribution < 1.29 is 18.7 Å². The summed E-state index contributed by atoms with van der Waals surface area (Å²) in [5, 5.41) is 13.1. The molecule has 0 aliphatic carbocycles. The lowest BCUT2D eigenvalue weighted by Crippen LogP contribution is -2.15. The number of hydrogen-bond donors (Lipinski definition) is 2. The lowest BCUT2D eigenvalue weighted by atomic mass is 10.1. The third-order valence-corrected chi connectivity index (χ3v) is 5.69. The Balaban J connectivity index is 1.63.